The second kappa shape index (κ2) is 7.19. The standard InChI is InChI=1S/C21H23N3O/c1-2-8-20-22-21(25-23-20)15-24-13-17-11-6-7-12-18(17)19(14-24)16-9-4-3-5-10-16/h3-7,9-12,19H,2,8,13-15H2,1H3. The van der Waals surface area contributed by atoms with Crippen molar-refractivity contribution in [1.29, 1.82) is 0 Å². The van der Waals surface area contributed by atoms with Crippen molar-refractivity contribution in [1.82, 2.24) is 15.0 Å². The third-order valence-corrected chi connectivity index (χ3v) is 4.81. The summed E-state index contributed by atoms with van der Waals surface area (Å²) in [6.07, 6.45) is 1.91. The highest BCUT2D eigenvalue weighted by molar-refractivity contribution is 5.40. The van der Waals surface area contributed by atoms with Gasteiger partial charge < -0.3 is 4.52 Å². The third kappa shape index (κ3) is 3.49. The maximum atomic E-state index is 5.45. The monoisotopic (exact) mass is 333 g/mol. The predicted molar refractivity (Wildman–Crippen MR) is 97.1 cm³/mol. The summed E-state index contributed by atoms with van der Waals surface area (Å²) in [6, 6.07) is 19.5. The molecule has 25 heavy (non-hydrogen) atoms. The first kappa shape index (κ1) is 16.0. The number of aryl methyl sites for hydroxylation is 1. The molecule has 0 spiro atoms. The lowest BCUT2D eigenvalue weighted by molar-refractivity contribution is 0.200. The number of benzene rings is 2. The van der Waals surface area contributed by atoms with Gasteiger partial charge in [-0.3, -0.25) is 4.90 Å². The fourth-order valence-corrected chi connectivity index (χ4v) is 3.64. The molecule has 0 fully saturated rings. The van der Waals surface area contributed by atoms with Gasteiger partial charge in [-0.2, -0.15) is 4.98 Å². The van der Waals surface area contributed by atoms with Gasteiger partial charge in [0.05, 0.1) is 6.54 Å². The Morgan fingerprint density at radius 1 is 1.08 bits per heavy atom. The lowest BCUT2D eigenvalue weighted by Gasteiger charge is -2.34. The van der Waals surface area contributed by atoms with Crippen molar-refractivity contribution in [2.75, 3.05) is 6.54 Å². The minimum Gasteiger partial charge on any atom is -0.338 e. The van der Waals surface area contributed by atoms with Crippen LogP contribution in [-0.2, 0) is 19.5 Å². The molecule has 128 valence electrons. The molecular formula is C21H23N3O. The Labute approximate surface area is 148 Å². The highest BCUT2D eigenvalue weighted by atomic mass is 16.5. The molecule has 0 saturated carbocycles. The van der Waals surface area contributed by atoms with Crippen LogP contribution in [0.2, 0.25) is 0 Å². The van der Waals surface area contributed by atoms with E-state index in [0.717, 1.165) is 37.6 Å². The van der Waals surface area contributed by atoms with Crippen molar-refractivity contribution < 1.29 is 4.52 Å². The Morgan fingerprint density at radius 2 is 1.88 bits per heavy atom. The van der Waals surface area contributed by atoms with E-state index in [-0.39, 0.29) is 0 Å². The van der Waals surface area contributed by atoms with E-state index in [2.05, 4.69) is 76.6 Å². The summed E-state index contributed by atoms with van der Waals surface area (Å²) < 4.78 is 5.45. The molecule has 0 aliphatic carbocycles. The van der Waals surface area contributed by atoms with E-state index in [9.17, 15) is 0 Å². The molecule has 2 heterocycles. The first-order chi connectivity index (χ1) is 12.3. The summed E-state index contributed by atoms with van der Waals surface area (Å²) in [7, 11) is 0. The Hall–Kier alpha value is -2.46. The van der Waals surface area contributed by atoms with Crippen LogP contribution >= 0.6 is 0 Å². The van der Waals surface area contributed by atoms with Gasteiger partial charge in [-0.25, -0.2) is 0 Å². The molecule has 4 rings (SSSR count). The molecule has 0 saturated heterocycles. The van der Waals surface area contributed by atoms with Crippen molar-refractivity contribution in [2.45, 2.75) is 38.8 Å². The quantitative estimate of drug-likeness (QED) is 0.703. The molecule has 1 aliphatic heterocycles. The largest absolute Gasteiger partial charge is 0.338 e. The summed E-state index contributed by atoms with van der Waals surface area (Å²) in [5.74, 6) is 1.91. The molecule has 1 aromatic heterocycles. The van der Waals surface area contributed by atoms with E-state index >= 15 is 0 Å². The fourth-order valence-electron chi connectivity index (χ4n) is 3.64. The minimum atomic E-state index is 0.379. The lowest BCUT2D eigenvalue weighted by atomic mass is 9.85. The first-order valence-corrected chi connectivity index (χ1v) is 9.00. The molecule has 2 aromatic carbocycles. The van der Waals surface area contributed by atoms with E-state index in [1.807, 2.05) is 0 Å². The highest BCUT2D eigenvalue weighted by Crippen LogP contribution is 2.33. The van der Waals surface area contributed by atoms with Gasteiger partial charge in [0, 0.05) is 25.4 Å². The Balaban J connectivity index is 1.59. The van der Waals surface area contributed by atoms with Gasteiger partial charge in [0.25, 0.3) is 0 Å². The molecule has 3 aromatic rings. The van der Waals surface area contributed by atoms with Crippen LogP contribution < -0.4 is 0 Å². The zero-order valence-electron chi connectivity index (χ0n) is 14.6. The number of hydrogen-bond donors (Lipinski definition) is 0. The van der Waals surface area contributed by atoms with Gasteiger partial charge in [0.15, 0.2) is 5.82 Å². The van der Waals surface area contributed by atoms with E-state index in [1.165, 1.54) is 16.7 Å². The summed E-state index contributed by atoms with van der Waals surface area (Å²) in [6.45, 7) is 4.72. The zero-order valence-corrected chi connectivity index (χ0v) is 14.6. The van der Waals surface area contributed by atoms with Gasteiger partial charge in [-0.15, -0.1) is 0 Å². The number of fused-ring (bicyclic) bond motifs is 1. The second-order valence-corrected chi connectivity index (χ2v) is 6.69. The number of hydrogen-bond acceptors (Lipinski definition) is 4. The van der Waals surface area contributed by atoms with E-state index < -0.39 is 0 Å². The normalized spacial score (nSPS) is 17.4. The van der Waals surface area contributed by atoms with Crippen LogP contribution in [0, 0.1) is 0 Å². The molecule has 4 heteroatoms. The highest BCUT2D eigenvalue weighted by Gasteiger charge is 2.27. The van der Waals surface area contributed by atoms with Crippen molar-refractivity contribution in [3.8, 4) is 0 Å². The molecule has 1 unspecified atom stereocenters. The Morgan fingerprint density at radius 3 is 2.72 bits per heavy atom. The smallest absolute Gasteiger partial charge is 0.240 e. The fraction of sp³-hybridized carbons (Fsp3) is 0.333. The summed E-state index contributed by atoms with van der Waals surface area (Å²) >= 11 is 0. The summed E-state index contributed by atoms with van der Waals surface area (Å²) in [4.78, 5) is 6.93. The topological polar surface area (TPSA) is 42.2 Å². The lowest BCUT2D eigenvalue weighted by Crippen LogP contribution is -2.33. The van der Waals surface area contributed by atoms with E-state index in [4.69, 9.17) is 4.52 Å². The molecule has 1 atom stereocenters. The van der Waals surface area contributed by atoms with Gasteiger partial charge >= 0.3 is 0 Å². The van der Waals surface area contributed by atoms with Crippen molar-refractivity contribution in [3.05, 3.63) is 83.0 Å². The minimum absolute atomic E-state index is 0.379. The molecule has 0 bridgehead atoms. The van der Waals surface area contributed by atoms with Gasteiger partial charge in [0.2, 0.25) is 5.89 Å². The molecular weight excluding hydrogens is 310 g/mol. The van der Waals surface area contributed by atoms with Crippen LogP contribution in [-0.4, -0.2) is 21.6 Å². The second-order valence-electron chi connectivity index (χ2n) is 6.69. The summed E-state index contributed by atoms with van der Waals surface area (Å²) in [5.41, 5.74) is 4.18. The predicted octanol–water partition coefficient (Wildman–Crippen LogP) is 4.17. The average Bonchev–Trinajstić information content (AvgIpc) is 3.09. The number of rotatable bonds is 5. The van der Waals surface area contributed by atoms with E-state index in [0.29, 0.717) is 12.5 Å². The van der Waals surface area contributed by atoms with Crippen LogP contribution in [0.25, 0.3) is 0 Å². The van der Waals surface area contributed by atoms with Crippen molar-refractivity contribution in [2.24, 2.45) is 0 Å². The zero-order chi connectivity index (χ0) is 17.1. The maximum absolute atomic E-state index is 5.45. The third-order valence-electron chi connectivity index (χ3n) is 4.81. The molecule has 0 N–H and O–H groups in total. The Bertz CT molecular complexity index is 828. The first-order valence-electron chi connectivity index (χ1n) is 9.00. The molecule has 4 nitrogen and oxygen atoms in total. The number of aromatic nitrogens is 2. The van der Waals surface area contributed by atoms with Gasteiger partial charge in [-0.05, 0) is 23.1 Å². The molecule has 1 aliphatic rings. The SMILES string of the molecule is CCCc1noc(CN2Cc3ccccc3C(c3ccccc3)C2)n1. The van der Waals surface area contributed by atoms with Crippen molar-refractivity contribution >= 4 is 0 Å². The van der Waals surface area contributed by atoms with Crippen LogP contribution in [0.4, 0.5) is 0 Å². The average molecular weight is 333 g/mol. The van der Waals surface area contributed by atoms with E-state index in [1.54, 1.807) is 0 Å². The van der Waals surface area contributed by atoms with Crippen LogP contribution in [0.5, 0.6) is 0 Å². The van der Waals surface area contributed by atoms with Crippen LogP contribution in [0.3, 0.4) is 0 Å². The Kier molecular flexibility index (Phi) is 4.61. The molecule has 0 radical (unpaired) electrons. The van der Waals surface area contributed by atoms with Crippen LogP contribution in [0.1, 0.15) is 47.7 Å². The van der Waals surface area contributed by atoms with Gasteiger partial charge in [0.1, 0.15) is 0 Å². The summed E-state index contributed by atoms with van der Waals surface area (Å²) in [5, 5.41) is 4.08. The molecule has 0 amide bonds. The van der Waals surface area contributed by atoms with Gasteiger partial charge in [-0.1, -0.05) is 66.7 Å². The van der Waals surface area contributed by atoms with Crippen LogP contribution in [0.15, 0.2) is 59.1 Å². The number of nitrogens with zero attached hydrogens (tertiary/aromatic N) is 3. The maximum Gasteiger partial charge on any atom is 0.240 e. The van der Waals surface area contributed by atoms with Crippen molar-refractivity contribution in [3.63, 3.8) is 0 Å².